The summed E-state index contributed by atoms with van der Waals surface area (Å²) in [6.45, 7) is 3.57. The number of nitrogens with one attached hydrogen (secondary N) is 1. The molecule has 3 rings (SSSR count). The molecule has 0 saturated carbocycles. The Labute approximate surface area is 148 Å². The highest BCUT2D eigenvalue weighted by Crippen LogP contribution is 2.23. The Bertz CT molecular complexity index is 739. The summed E-state index contributed by atoms with van der Waals surface area (Å²) in [6.07, 6.45) is 1.06. The van der Waals surface area contributed by atoms with Crippen LogP contribution in [0, 0.1) is 6.92 Å². The molecule has 25 heavy (non-hydrogen) atoms. The van der Waals surface area contributed by atoms with Crippen molar-refractivity contribution < 1.29 is 14.3 Å². The fraction of sp³-hybridized carbons (Fsp3) is 0.350. The van der Waals surface area contributed by atoms with Gasteiger partial charge in [0.05, 0.1) is 0 Å². The minimum Gasteiger partial charge on any atom is -0.489 e. The number of hydrogen-bond donors (Lipinski definition) is 2. The smallest absolute Gasteiger partial charge is 0.244 e. The Morgan fingerprint density at radius 2 is 1.96 bits per heavy atom. The number of aryl methyl sites for hydroxylation is 1. The number of amides is 1. The molecule has 1 amide bonds. The number of benzene rings is 2. The van der Waals surface area contributed by atoms with Crippen LogP contribution in [0.4, 0.5) is 5.69 Å². The Kier molecular flexibility index (Phi) is 5.36. The molecule has 132 valence electrons. The highest BCUT2D eigenvalue weighted by atomic mass is 16.5. The first kappa shape index (κ1) is 17.5. The van der Waals surface area contributed by atoms with Crippen LogP contribution >= 0.6 is 0 Å². The maximum absolute atomic E-state index is 12.5. The van der Waals surface area contributed by atoms with Gasteiger partial charge in [0.1, 0.15) is 17.9 Å². The lowest BCUT2D eigenvalue weighted by molar-refractivity contribution is -0.124. The predicted molar refractivity (Wildman–Crippen MR) is 97.6 cm³/mol. The molecule has 0 bridgehead atoms. The van der Waals surface area contributed by atoms with Gasteiger partial charge in [-0.1, -0.05) is 35.9 Å². The van der Waals surface area contributed by atoms with Gasteiger partial charge in [0.15, 0.2) is 0 Å². The summed E-state index contributed by atoms with van der Waals surface area (Å²) in [7, 11) is 0. The SMILES string of the molecule is Cc1cccc(COc2cccc(NC(=O)C3(N)CCOCC3)c2)c1. The van der Waals surface area contributed by atoms with Crippen LogP contribution in [-0.4, -0.2) is 24.7 Å². The van der Waals surface area contributed by atoms with Crippen molar-refractivity contribution >= 4 is 11.6 Å². The van der Waals surface area contributed by atoms with E-state index in [0.717, 1.165) is 5.56 Å². The molecule has 1 aliphatic rings. The van der Waals surface area contributed by atoms with E-state index in [2.05, 4.69) is 24.4 Å². The van der Waals surface area contributed by atoms with E-state index in [9.17, 15) is 4.79 Å². The van der Waals surface area contributed by atoms with Crippen molar-refractivity contribution in [3.05, 3.63) is 59.7 Å². The fourth-order valence-electron chi connectivity index (χ4n) is 2.85. The summed E-state index contributed by atoms with van der Waals surface area (Å²) < 4.78 is 11.1. The molecular weight excluding hydrogens is 316 g/mol. The first-order valence-corrected chi connectivity index (χ1v) is 8.52. The molecule has 0 atom stereocenters. The van der Waals surface area contributed by atoms with Crippen molar-refractivity contribution in [1.82, 2.24) is 0 Å². The molecule has 1 heterocycles. The van der Waals surface area contributed by atoms with Crippen molar-refractivity contribution in [1.29, 1.82) is 0 Å². The maximum atomic E-state index is 12.5. The zero-order chi connectivity index (χ0) is 17.7. The maximum Gasteiger partial charge on any atom is 0.244 e. The molecule has 0 aliphatic carbocycles. The summed E-state index contributed by atoms with van der Waals surface area (Å²) in [5.41, 5.74) is 8.34. The molecule has 5 nitrogen and oxygen atoms in total. The van der Waals surface area contributed by atoms with Crippen molar-refractivity contribution in [3.8, 4) is 5.75 Å². The third-order valence-corrected chi connectivity index (χ3v) is 4.42. The zero-order valence-corrected chi connectivity index (χ0v) is 14.5. The van der Waals surface area contributed by atoms with E-state index in [1.54, 1.807) is 0 Å². The number of ether oxygens (including phenoxy) is 2. The Morgan fingerprint density at radius 3 is 2.72 bits per heavy atom. The normalized spacial score (nSPS) is 16.2. The summed E-state index contributed by atoms with van der Waals surface area (Å²) in [5.74, 6) is 0.531. The lowest BCUT2D eigenvalue weighted by Gasteiger charge is -2.31. The van der Waals surface area contributed by atoms with E-state index in [1.165, 1.54) is 5.56 Å². The van der Waals surface area contributed by atoms with E-state index < -0.39 is 5.54 Å². The van der Waals surface area contributed by atoms with E-state index in [1.807, 2.05) is 36.4 Å². The van der Waals surface area contributed by atoms with Crippen molar-refractivity contribution in [3.63, 3.8) is 0 Å². The van der Waals surface area contributed by atoms with Crippen LogP contribution < -0.4 is 15.8 Å². The molecule has 2 aromatic carbocycles. The molecule has 1 fully saturated rings. The summed E-state index contributed by atoms with van der Waals surface area (Å²) >= 11 is 0. The number of carbonyl (C=O) groups excluding carboxylic acids is 1. The van der Waals surface area contributed by atoms with Crippen LogP contribution in [0.2, 0.25) is 0 Å². The van der Waals surface area contributed by atoms with Crippen molar-refractivity contribution in [2.24, 2.45) is 5.73 Å². The molecule has 2 aromatic rings. The molecule has 1 saturated heterocycles. The van der Waals surface area contributed by atoms with Crippen molar-refractivity contribution in [2.45, 2.75) is 31.9 Å². The van der Waals surface area contributed by atoms with Crippen molar-refractivity contribution in [2.75, 3.05) is 18.5 Å². The lowest BCUT2D eigenvalue weighted by atomic mass is 9.90. The number of carbonyl (C=O) groups is 1. The van der Waals surface area contributed by atoms with E-state index in [4.69, 9.17) is 15.2 Å². The molecule has 0 radical (unpaired) electrons. The minimum atomic E-state index is -0.864. The lowest BCUT2D eigenvalue weighted by Crippen LogP contribution is -2.54. The third kappa shape index (κ3) is 4.59. The number of rotatable bonds is 5. The van der Waals surface area contributed by atoms with Gasteiger partial charge in [0, 0.05) is 25.0 Å². The van der Waals surface area contributed by atoms with Gasteiger partial charge in [-0.15, -0.1) is 0 Å². The van der Waals surface area contributed by atoms with Crippen LogP contribution in [0.3, 0.4) is 0 Å². The van der Waals surface area contributed by atoms with Crippen LogP contribution in [0.5, 0.6) is 5.75 Å². The second kappa shape index (κ2) is 7.68. The Balaban J connectivity index is 1.62. The number of anilines is 1. The van der Waals surface area contributed by atoms with Gasteiger partial charge in [0.2, 0.25) is 5.91 Å². The van der Waals surface area contributed by atoms with E-state index in [0.29, 0.717) is 44.1 Å². The first-order valence-electron chi connectivity index (χ1n) is 8.52. The average Bonchev–Trinajstić information content (AvgIpc) is 2.61. The van der Waals surface area contributed by atoms with Crippen LogP contribution in [0.1, 0.15) is 24.0 Å². The fourth-order valence-corrected chi connectivity index (χ4v) is 2.85. The first-order chi connectivity index (χ1) is 12.0. The molecule has 0 spiro atoms. The molecule has 5 heteroatoms. The van der Waals surface area contributed by atoms with E-state index in [-0.39, 0.29) is 5.91 Å². The van der Waals surface area contributed by atoms with E-state index >= 15 is 0 Å². The van der Waals surface area contributed by atoms with Crippen LogP contribution in [-0.2, 0) is 16.1 Å². The standard InChI is InChI=1S/C20H24N2O3/c1-15-4-2-5-16(12-15)14-25-18-7-3-6-17(13-18)22-19(23)20(21)8-10-24-11-9-20/h2-7,12-13H,8-11,14,21H2,1H3,(H,22,23). The highest BCUT2D eigenvalue weighted by Gasteiger charge is 2.35. The highest BCUT2D eigenvalue weighted by molar-refractivity contribution is 5.98. The van der Waals surface area contributed by atoms with Gasteiger partial charge in [-0.05, 0) is 37.5 Å². The van der Waals surface area contributed by atoms with Gasteiger partial charge in [0.25, 0.3) is 0 Å². The molecule has 3 N–H and O–H groups in total. The summed E-state index contributed by atoms with van der Waals surface area (Å²) in [6, 6.07) is 15.6. The molecule has 1 aliphatic heterocycles. The van der Waals surface area contributed by atoms with Gasteiger partial charge in [-0.2, -0.15) is 0 Å². The summed E-state index contributed by atoms with van der Waals surface area (Å²) in [5, 5.41) is 2.90. The molecule has 0 unspecified atom stereocenters. The Morgan fingerprint density at radius 1 is 1.20 bits per heavy atom. The number of nitrogens with two attached hydrogens (primary N) is 1. The largest absolute Gasteiger partial charge is 0.489 e. The third-order valence-electron chi connectivity index (χ3n) is 4.42. The zero-order valence-electron chi connectivity index (χ0n) is 14.5. The molecular formula is C20H24N2O3. The quantitative estimate of drug-likeness (QED) is 0.877. The Hall–Kier alpha value is -2.37. The minimum absolute atomic E-state index is 0.174. The van der Waals surface area contributed by atoms with Crippen LogP contribution in [0.15, 0.2) is 48.5 Å². The summed E-state index contributed by atoms with van der Waals surface area (Å²) in [4.78, 5) is 12.5. The van der Waals surface area contributed by atoms with Crippen LogP contribution in [0.25, 0.3) is 0 Å². The topological polar surface area (TPSA) is 73.6 Å². The van der Waals surface area contributed by atoms with Gasteiger partial charge < -0.3 is 20.5 Å². The number of hydrogen-bond acceptors (Lipinski definition) is 4. The van der Waals surface area contributed by atoms with Gasteiger partial charge in [-0.25, -0.2) is 0 Å². The second-order valence-electron chi connectivity index (χ2n) is 6.53. The monoisotopic (exact) mass is 340 g/mol. The predicted octanol–water partition coefficient (Wildman–Crippen LogP) is 3.02. The molecule has 0 aromatic heterocycles. The van der Waals surface area contributed by atoms with Gasteiger partial charge >= 0.3 is 0 Å². The second-order valence-corrected chi connectivity index (χ2v) is 6.53. The average molecular weight is 340 g/mol. The van der Waals surface area contributed by atoms with Gasteiger partial charge in [-0.3, -0.25) is 4.79 Å².